The van der Waals surface area contributed by atoms with Gasteiger partial charge in [-0.15, -0.1) is 0 Å². The lowest BCUT2D eigenvalue weighted by Gasteiger charge is -2.28. The number of carbonyl (C=O) groups is 3. The van der Waals surface area contributed by atoms with Crippen LogP contribution in [-0.2, 0) is 20.9 Å². The molecule has 1 unspecified atom stereocenters. The third-order valence-corrected chi connectivity index (χ3v) is 5.40. The standard InChI is InChI=1S/C23H24N2O6/c1-3-4-21(26)24(13-15-5-10-19-20(11-15)31-14-30-19)18-12-22(27)25(23(18)28)16-6-8-17(29-2)9-7-16/h5-11,18H,3-4,12-14H2,1-2H3. The maximum absolute atomic E-state index is 13.2. The van der Waals surface area contributed by atoms with E-state index in [1.165, 1.54) is 4.90 Å². The number of carbonyl (C=O) groups excluding carboxylic acids is 3. The fourth-order valence-electron chi connectivity index (χ4n) is 3.83. The number of imide groups is 1. The Labute approximate surface area is 180 Å². The quantitative estimate of drug-likeness (QED) is 0.636. The zero-order chi connectivity index (χ0) is 22.0. The molecule has 1 fully saturated rings. The van der Waals surface area contributed by atoms with E-state index in [-0.39, 0.29) is 31.6 Å². The molecular formula is C23H24N2O6. The summed E-state index contributed by atoms with van der Waals surface area (Å²) in [7, 11) is 1.55. The van der Waals surface area contributed by atoms with Gasteiger partial charge in [0.1, 0.15) is 11.8 Å². The molecule has 3 amide bonds. The summed E-state index contributed by atoms with van der Waals surface area (Å²) < 4.78 is 15.9. The normalized spacial score (nSPS) is 17.2. The second-order valence-corrected chi connectivity index (χ2v) is 7.44. The molecule has 162 valence electrons. The molecule has 2 aromatic carbocycles. The topological polar surface area (TPSA) is 85.4 Å². The van der Waals surface area contributed by atoms with Crippen molar-refractivity contribution >= 4 is 23.4 Å². The Morgan fingerprint density at radius 1 is 1.13 bits per heavy atom. The maximum atomic E-state index is 13.2. The van der Waals surface area contributed by atoms with Crippen LogP contribution in [0, 0.1) is 0 Å². The first kappa shape index (κ1) is 20.7. The molecule has 8 heteroatoms. The van der Waals surface area contributed by atoms with E-state index in [9.17, 15) is 14.4 Å². The highest BCUT2D eigenvalue weighted by atomic mass is 16.7. The van der Waals surface area contributed by atoms with Gasteiger partial charge in [0.25, 0.3) is 5.91 Å². The van der Waals surface area contributed by atoms with Gasteiger partial charge in [-0.25, -0.2) is 4.90 Å². The van der Waals surface area contributed by atoms with E-state index in [4.69, 9.17) is 14.2 Å². The van der Waals surface area contributed by atoms with E-state index in [0.29, 0.717) is 35.8 Å². The van der Waals surface area contributed by atoms with Crippen LogP contribution in [0.3, 0.4) is 0 Å². The Balaban J connectivity index is 1.59. The van der Waals surface area contributed by atoms with Crippen molar-refractivity contribution in [1.29, 1.82) is 0 Å². The lowest BCUT2D eigenvalue weighted by molar-refractivity contribution is -0.139. The molecule has 4 rings (SSSR count). The van der Waals surface area contributed by atoms with Gasteiger partial charge in [-0.2, -0.15) is 0 Å². The highest BCUT2D eigenvalue weighted by molar-refractivity contribution is 6.23. The fraction of sp³-hybridized carbons (Fsp3) is 0.348. The first-order valence-corrected chi connectivity index (χ1v) is 10.2. The van der Waals surface area contributed by atoms with E-state index in [0.717, 1.165) is 10.5 Å². The molecule has 1 atom stereocenters. The summed E-state index contributed by atoms with van der Waals surface area (Å²) in [6.45, 7) is 2.27. The number of ether oxygens (including phenoxy) is 3. The van der Waals surface area contributed by atoms with Gasteiger partial charge in [0.2, 0.25) is 18.6 Å². The van der Waals surface area contributed by atoms with E-state index in [2.05, 4.69) is 0 Å². The van der Waals surface area contributed by atoms with Gasteiger partial charge in [0, 0.05) is 13.0 Å². The van der Waals surface area contributed by atoms with Crippen molar-refractivity contribution in [2.75, 3.05) is 18.8 Å². The van der Waals surface area contributed by atoms with Crippen LogP contribution >= 0.6 is 0 Å². The molecule has 2 heterocycles. The Morgan fingerprint density at radius 2 is 1.87 bits per heavy atom. The molecule has 0 bridgehead atoms. The smallest absolute Gasteiger partial charge is 0.257 e. The summed E-state index contributed by atoms with van der Waals surface area (Å²) >= 11 is 0. The molecule has 0 N–H and O–H groups in total. The Morgan fingerprint density at radius 3 is 2.58 bits per heavy atom. The zero-order valence-corrected chi connectivity index (χ0v) is 17.5. The number of rotatable bonds is 7. The van der Waals surface area contributed by atoms with Crippen LogP contribution in [0.2, 0.25) is 0 Å². The molecule has 31 heavy (non-hydrogen) atoms. The van der Waals surface area contributed by atoms with Crippen LogP contribution in [0.15, 0.2) is 42.5 Å². The lowest BCUT2D eigenvalue weighted by atomic mass is 10.1. The van der Waals surface area contributed by atoms with Crippen molar-refractivity contribution in [3.05, 3.63) is 48.0 Å². The Hall–Kier alpha value is -3.55. The second-order valence-electron chi connectivity index (χ2n) is 7.44. The van der Waals surface area contributed by atoms with Crippen LogP contribution in [0.1, 0.15) is 31.7 Å². The summed E-state index contributed by atoms with van der Waals surface area (Å²) in [5.74, 6) is 0.979. The van der Waals surface area contributed by atoms with Gasteiger partial charge in [-0.05, 0) is 48.4 Å². The van der Waals surface area contributed by atoms with E-state index in [1.54, 1.807) is 43.5 Å². The number of benzene rings is 2. The SMILES string of the molecule is CCCC(=O)N(Cc1ccc2c(c1)OCO2)C1CC(=O)N(c2ccc(OC)cc2)C1=O. The molecule has 2 aliphatic rings. The zero-order valence-electron chi connectivity index (χ0n) is 17.5. The molecule has 2 aliphatic heterocycles. The average molecular weight is 424 g/mol. The number of fused-ring (bicyclic) bond motifs is 1. The molecule has 2 aromatic rings. The Bertz CT molecular complexity index is 1000. The second kappa shape index (κ2) is 8.67. The van der Waals surface area contributed by atoms with Crippen LogP contribution in [0.25, 0.3) is 0 Å². The van der Waals surface area contributed by atoms with Crippen molar-refractivity contribution in [3.63, 3.8) is 0 Å². The minimum absolute atomic E-state index is 0.0507. The minimum atomic E-state index is -0.848. The number of amides is 3. The average Bonchev–Trinajstić information content (AvgIpc) is 3.35. The number of hydrogen-bond acceptors (Lipinski definition) is 6. The van der Waals surface area contributed by atoms with Gasteiger partial charge in [0.15, 0.2) is 11.5 Å². The molecule has 8 nitrogen and oxygen atoms in total. The summed E-state index contributed by atoms with van der Waals surface area (Å²) in [6.07, 6.45) is 0.892. The molecule has 0 saturated carbocycles. The van der Waals surface area contributed by atoms with Crippen LogP contribution in [0.5, 0.6) is 17.2 Å². The summed E-state index contributed by atoms with van der Waals surface area (Å²) in [5, 5.41) is 0. The van der Waals surface area contributed by atoms with Gasteiger partial charge >= 0.3 is 0 Å². The van der Waals surface area contributed by atoms with Crippen molar-refractivity contribution in [3.8, 4) is 17.2 Å². The molecular weight excluding hydrogens is 400 g/mol. The number of methoxy groups -OCH3 is 1. The molecule has 1 saturated heterocycles. The molecule has 0 aromatic heterocycles. The third-order valence-electron chi connectivity index (χ3n) is 5.40. The number of hydrogen-bond donors (Lipinski definition) is 0. The number of anilines is 1. The summed E-state index contributed by atoms with van der Waals surface area (Å²) in [6, 6.07) is 11.3. The predicted molar refractivity (Wildman–Crippen MR) is 112 cm³/mol. The van der Waals surface area contributed by atoms with E-state index in [1.807, 2.05) is 13.0 Å². The van der Waals surface area contributed by atoms with E-state index >= 15 is 0 Å². The first-order valence-electron chi connectivity index (χ1n) is 10.2. The van der Waals surface area contributed by atoms with Crippen molar-refractivity contribution in [2.45, 2.75) is 38.8 Å². The van der Waals surface area contributed by atoms with Gasteiger partial charge in [-0.3, -0.25) is 14.4 Å². The highest BCUT2D eigenvalue weighted by Gasteiger charge is 2.44. The fourth-order valence-corrected chi connectivity index (χ4v) is 3.83. The van der Waals surface area contributed by atoms with Crippen molar-refractivity contribution < 1.29 is 28.6 Å². The molecule has 0 spiro atoms. The van der Waals surface area contributed by atoms with Gasteiger partial charge in [-0.1, -0.05) is 13.0 Å². The molecule has 0 aliphatic carbocycles. The van der Waals surface area contributed by atoms with E-state index < -0.39 is 11.9 Å². The van der Waals surface area contributed by atoms with Crippen LogP contribution < -0.4 is 19.1 Å². The Kier molecular flexibility index (Phi) is 5.79. The lowest BCUT2D eigenvalue weighted by Crippen LogP contribution is -2.45. The minimum Gasteiger partial charge on any atom is -0.497 e. The van der Waals surface area contributed by atoms with Crippen molar-refractivity contribution in [1.82, 2.24) is 4.90 Å². The first-order chi connectivity index (χ1) is 15.0. The van der Waals surface area contributed by atoms with Gasteiger partial charge in [0.05, 0.1) is 19.2 Å². The monoisotopic (exact) mass is 424 g/mol. The number of nitrogens with zero attached hydrogens (tertiary/aromatic N) is 2. The van der Waals surface area contributed by atoms with Crippen LogP contribution in [-0.4, -0.2) is 42.6 Å². The largest absolute Gasteiger partial charge is 0.497 e. The van der Waals surface area contributed by atoms with Gasteiger partial charge < -0.3 is 19.1 Å². The predicted octanol–water partition coefficient (Wildman–Crippen LogP) is 2.88. The summed E-state index contributed by atoms with van der Waals surface area (Å²) in [4.78, 5) is 41.5. The maximum Gasteiger partial charge on any atom is 0.257 e. The van der Waals surface area contributed by atoms with Crippen molar-refractivity contribution in [2.24, 2.45) is 0 Å². The third kappa shape index (κ3) is 4.05. The molecule has 0 radical (unpaired) electrons. The highest BCUT2D eigenvalue weighted by Crippen LogP contribution is 2.34. The van der Waals surface area contributed by atoms with Crippen LogP contribution in [0.4, 0.5) is 5.69 Å². The summed E-state index contributed by atoms with van der Waals surface area (Å²) in [5.41, 5.74) is 1.26.